The molecule has 1 aromatic carbocycles. The Bertz CT molecular complexity index is 774. The van der Waals surface area contributed by atoms with Gasteiger partial charge in [0.25, 0.3) is 0 Å². The van der Waals surface area contributed by atoms with Gasteiger partial charge in [-0.1, -0.05) is 0 Å². The molecular weight excluding hydrogens is 269 g/mol. The Morgan fingerprint density at radius 3 is 2.45 bits per heavy atom. The van der Waals surface area contributed by atoms with Crippen molar-refractivity contribution >= 4 is 11.2 Å². The summed E-state index contributed by atoms with van der Waals surface area (Å²) in [5.41, 5.74) is 1.47. The summed E-state index contributed by atoms with van der Waals surface area (Å²) in [5.74, 6) is -4.02. The predicted molar refractivity (Wildman–Crippen MR) is 66.3 cm³/mol. The fraction of sp³-hybridized carbons (Fsp3) is 0.154. The van der Waals surface area contributed by atoms with Crippen LogP contribution in [0.25, 0.3) is 22.4 Å². The zero-order valence-corrected chi connectivity index (χ0v) is 10.4. The Kier molecular flexibility index (Phi) is 2.89. The van der Waals surface area contributed by atoms with E-state index in [1.807, 2.05) is 6.92 Å². The number of fused-ring (bicyclic) bond motifs is 1. The lowest BCUT2D eigenvalue weighted by atomic mass is 10.1. The van der Waals surface area contributed by atoms with Crippen molar-refractivity contribution in [2.24, 2.45) is 0 Å². The lowest BCUT2D eigenvalue weighted by Gasteiger charge is -2.04. The molecule has 0 radical (unpaired) electrons. The van der Waals surface area contributed by atoms with Gasteiger partial charge in [0, 0.05) is 12.1 Å². The molecule has 0 aliphatic carbocycles. The fourth-order valence-electron chi connectivity index (χ4n) is 1.92. The smallest absolute Gasteiger partial charge is 0.194 e. The van der Waals surface area contributed by atoms with Gasteiger partial charge in [-0.3, -0.25) is 0 Å². The van der Waals surface area contributed by atoms with Crippen molar-refractivity contribution in [3.63, 3.8) is 0 Å². The van der Waals surface area contributed by atoms with Gasteiger partial charge in [-0.15, -0.1) is 0 Å². The Labute approximate surface area is 111 Å². The van der Waals surface area contributed by atoms with Crippen molar-refractivity contribution in [2.75, 3.05) is 0 Å². The van der Waals surface area contributed by atoms with Crippen LogP contribution in [0.1, 0.15) is 6.92 Å². The largest absolute Gasteiger partial charge is 0.249 e. The van der Waals surface area contributed by atoms with Gasteiger partial charge in [0.15, 0.2) is 23.1 Å². The second kappa shape index (κ2) is 4.59. The first-order valence-corrected chi connectivity index (χ1v) is 5.93. The molecule has 0 saturated heterocycles. The minimum atomic E-state index is -1.50. The minimum Gasteiger partial charge on any atom is -0.249 e. The van der Waals surface area contributed by atoms with Crippen molar-refractivity contribution in [3.8, 4) is 11.3 Å². The maximum atomic E-state index is 13.2. The van der Waals surface area contributed by atoms with E-state index in [0.717, 1.165) is 12.1 Å². The highest BCUT2D eigenvalue weighted by Crippen LogP contribution is 2.23. The molecule has 0 amide bonds. The lowest BCUT2D eigenvalue weighted by Crippen LogP contribution is -1.99. The third-order valence-corrected chi connectivity index (χ3v) is 2.92. The van der Waals surface area contributed by atoms with Gasteiger partial charge in [-0.05, 0) is 19.1 Å². The zero-order valence-electron chi connectivity index (χ0n) is 10.4. The Morgan fingerprint density at radius 2 is 1.80 bits per heavy atom. The maximum absolute atomic E-state index is 13.2. The topological polar surface area (TPSA) is 43.6 Å². The molecule has 0 fully saturated rings. The van der Waals surface area contributed by atoms with Gasteiger partial charge >= 0.3 is 0 Å². The van der Waals surface area contributed by atoms with E-state index in [9.17, 15) is 13.2 Å². The first-order valence-electron chi connectivity index (χ1n) is 5.93. The molecule has 0 bridgehead atoms. The minimum absolute atomic E-state index is 0.125. The van der Waals surface area contributed by atoms with Crippen LogP contribution in [0.3, 0.4) is 0 Å². The Balaban J connectivity index is 2.19. The molecule has 0 saturated carbocycles. The number of aryl methyl sites for hydroxylation is 1. The number of hydrogen-bond acceptors (Lipinski definition) is 3. The Morgan fingerprint density at radius 1 is 1.10 bits per heavy atom. The number of hydrogen-bond donors (Lipinski definition) is 0. The van der Waals surface area contributed by atoms with Crippen molar-refractivity contribution in [3.05, 3.63) is 42.0 Å². The van der Waals surface area contributed by atoms with Crippen LogP contribution in [0.4, 0.5) is 13.2 Å². The van der Waals surface area contributed by atoms with Crippen molar-refractivity contribution in [2.45, 2.75) is 13.5 Å². The summed E-state index contributed by atoms with van der Waals surface area (Å²) in [7, 11) is 0. The van der Waals surface area contributed by atoms with E-state index in [-0.39, 0.29) is 11.3 Å². The highest BCUT2D eigenvalue weighted by Gasteiger charge is 2.14. The number of aromatic nitrogens is 4. The van der Waals surface area contributed by atoms with E-state index in [4.69, 9.17) is 0 Å². The summed E-state index contributed by atoms with van der Waals surface area (Å²) in [6, 6.07) is 1.78. The SMILES string of the molecule is CCn1ncc2ncc(-c3cc(F)c(F)c(F)c3)nc21. The monoisotopic (exact) mass is 278 g/mol. The van der Waals surface area contributed by atoms with Gasteiger partial charge < -0.3 is 0 Å². The molecule has 0 atom stereocenters. The number of benzene rings is 1. The van der Waals surface area contributed by atoms with Crippen LogP contribution >= 0.6 is 0 Å². The third-order valence-electron chi connectivity index (χ3n) is 2.92. The fourth-order valence-corrected chi connectivity index (χ4v) is 1.92. The summed E-state index contributed by atoms with van der Waals surface area (Å²) in [4.78, 5) is 8.39. The van der Waals surface area contributed by atoms with E-state index in [2.05, 4.69) is 15.1 Å². The highest BCUT2D eigenvalue weighted by molar-refractivity contribution is 5.73. The average Bonchev–Trinajstić information content (AvgIpc) is 2.86. The van der Waals surface area contributed by atoms with Crippen molar-refractivity contribution < 1.29 is 13.2 Å². The van der Waals surface area contributed by atoms with E-state index in [0.29, 0.717) is 17.7 Å². The van der Waals surface area contributed by atoms with E-state index in [1.54, 1.807) is 10.9 Å². The molecule has 4 nitrogen and oxygen atoms in total. The van der Waals surface area contributed by atoms with E-state index < -0.39 is 17.5 Å². The van der Waals surface area contributed by atoms with Crippen LogP contribution in [-0.2, 0) is 6.54 Å². The van der Waals surface area contributed by atoms with E-state index in [1.165, 1.54) is 6.20 Å². The lowest BCUT2D eigenvalue weighted by molar-refractivity contribution is 0.447. The highest BCUT2D eigenvalue weighted by atomic mass is 19.2. The second-order valence-electron chi connectivity index (χ2n) is 4.18. The van der Waals surface area contributed by atoms with Gasteiger partial charge in [0.2, 0.25) is 0 Å². The molecule has 0 N–H and O–H groups in total. The van der Waals surface area contributed by atoms with Crippen LogP contribution in [0.2, 0.25) is 0 Å². The van der Waals surface area contributed by atoms with Crippen LogP contribution < -0.4 is 0 Å². The van der Waals surface area contributed by atoms with Gasteiger partial charge in [0.05, 0.1) is 18.1 Å². The van der Waals surface area contributed by atoms with Crippen LogP contribution in [0, 0.1) is 17.5 Å². The third kappa shape index (κ3) is 1.91. The Hall–Kier alpha value is -2.44. The first kappa shape index (κ1) is 12.6. The van der Waals surface area contributed by atoms with Crippen molar-refractivity contribution in [1.82, 2.24) is 19.7 Å². The summed E-state index contributed by atoms with van der Waals surface area (Å²) >= 11 is 0. The normalized spacial score (nSPS) is 11.2. The standard InChI is InChI=1S/C13H9F3N4/c1-2-20-13-11(6-18-20)17-5-10(19-13)7-3-8(14)12(16)9(15)4-7/h3-6H,2H2,1H3. The average molecular weight is 278 g/mol. The first-order chi connectivity index (χ1) is 9.60. The molecule has 0 unspecified atom stereocenters. The van der Waals surface area contributed by atoms with Crippen LogP contribution in [0.5, 0.6) is 0 Å². The number of rotatable bonds is 2. The maximum Gasteiger partial charge on any atom is 0.194 e. The summed E-state index contributed by atoms with van der Waals surface area (Å²) in [6.07, 6.45) is 2.93. The molecule has 0 spiro atoms. The summed E-state index contributed by atoms with van der Waals surface area (Å²) in [6.45, 7) is 2.48. The molecule has 20 heavy (non-hydrogen) atoms. The molecule has 7 heteroatoms. The molecule has 0 aliphatic heterocycles. The molecule has 0 aliphatic rings. The van der Waals surface area contributed by atoms with Crippen LogP contribution in [-0.4, -0.2) is 19.7 Å². The molecule has 3 aromatic rings. The quantitative estimate of drug-likeness (QED) is 0.677. The van der Waals surface area contributed by atoms with Gasteiger partial charge in [-0.25, -0.2) is 27.8 Å². The van der Waals surface area contributed by atoms with Gasteiger partial charge in [0.1, 0.15) is 5.52 Å². The van der Waals surface area contributed by atoms with E-state index >= 15 is 0 Å². The second-order valence-corrected chi connectivity index (χ2v) is 4.18. The van der Waals surface area contributed by atoms with Crippen molar-refractivity contribution in [1.29, 1.82) is 0 Å². The summed E-state index contributed by atoms with van der Waals surface area (Å²) < 4.78 is 41.1. The molecular formula is C13H9F3N4. The summed E-state index contributed by atoms with van der Waals surface area (Å²) in [5, 5.41) is 4.08. The molecule has 3 rings (SSSR count). The predicted octanol–water partition coefficient (Wildman–Crippen LogP) is 2.93. The van der Waals surface area contributed by atoms with Gasteiger partial charge in [-0.2, -0.15) is 5.10 Å². The van der Waals surface area contributed by atoms with Crippen LogP contribution in [0.15, 0.2) is 24.5 Å². The number of nitrogens with zero attached hydrogens (tertiary/aromatic N) is 4. The number of halogens is 3. The molecule has 102 valence electrons. The molecule has 2 heterocycles. The zero-order chi connectivity index (χ0) is 14.3. The molecule has 2 aromatic heterocycles.